The largest absolute Gasteiger partial charge is 0.396 e. The number of nitriles is 1. The number of hydrogen-bond donors (Lipinski definition) is 2. The zero-order valence-corrected chi connectivity index (χ0v) is 10.2. The molecule has 2 aromatic rings. The van der Waals surface area contributed by atoms with E-state index in [2.05, 4.69) is 15.5 Å². The maximum Gasteiger partial charge on any atom is 0.165 e. The summed E-state index contributed by atoms with van der Waals surface area (Å²) in [4.78, 5) is 4.10. The van der Waals surface area contributed by atoms with E-state index in [1.165, 1.54) is 0 Å². The number of aryl methyl sites for hydroxylation is 2. The van der Waals surface area contributed by atoms with E-state index in [4.69, 9.17) is 15.5 Å². The van der Waals surface area contributed by atoms with Crippen molar-refractivity contribution in [2.24, 2.45) is 0 Å². The molecule has 0 saturated carbocycles. The first-order chi connectivity index (χ1) is 8.61. The Bertz CT molecular complexity index is 592. The van der Waals surface area contributed by atoms with E-state index < -0.39 is 0 Å². The number of pyridine rings is 1. The zero-order chi connectivity index (χ0) is 13.1. The third kappa shape index (κ3) is 2.25. The molecule has 6 nitrogen and oxygen atoms in total. The van der Waals surface area contributed by atoms with E-state index >= 15 is 0 Å². The van der Waals surface area contributed by atoms with Crippen LogP contribution in [0.25, 0.3) is 0 Å². The molecule has 3 N–H and O–H groups in total. The molecule has 0 aromatic carbocycles. The third-order valence-electron chi connectivity index (χ3n) is 2.66. The normalized spacial score (nSPS) is 10.1. The third-order valence-corrected chi connectivity index (χ3v) is 2.66. The van der Waals surface area contributed by atoms with Crippen molar-refractivity contribution in [1.29, 1.82) is 5.26 Å². The molecule has 0 aliphatic heterocycles. The standard InChI is InChI=1S/C12H13N5O/c1-7-9(8(2)18-17-7)6-15-12-4-3-10(14)11(5-13)16-12/h3-4H,6,14H2,1-2H3,(H,15,16). The van der Waals surface area contributed by atoms with Crippen molar-refractivity contribution in [3.63, 3.8) is 0 Å². The Labute approximate surface area is 104 Å². The van der Waals surface area contributed by atoms with Gasteiger partial charge in [0.25, 0.3) is 0 Å². The number of nitrogens with one attached hydrogen (secondary N) is 1. The molecule has 0 amide bonds. The topological polar surface area (TPSA) is 101 Å². The average molecular weight is 243 g/mol. The van der Waals surface area contributed by atoms with Crippen LogP contribution in [0, 0.1) is 25.2 Å². The van der Waals surface area contributed by atoms with Gasteiger partial charge in [0.15, 0.2) is 5.69 Å². The summed E-state index contributed by atoms with van der Waals surface area (Å²) in [6, 6.07) is 5.33. The lowest BCUT2D eigenvalue weighted by molar-refractivity contribution is 0.392. The van der Waals surface area contributed by atoms with Crippen LogP contribution in [0.1, 0.15) is 22.7 Å². The van der Waals surface area contributed by atoms with Crippen molar-refractivity contribution in [3.8, 4) is 6.07 Å². The van der Waals surface area contributed by atoms with Gasteiger partial charge in [-0.3, -0.25) is 0 Å². The SMILES string of the molecule is Cc1noc(C)c1CNc1ccc(N)c(C#N)n1. The maximum atomic E-state index is 8.84. The summed E-state index contributed by atoms with van der Waals surface area (Å²) in [5.41, 5.74) is 8.03. The highest BCUT2D eigenvalue weighted by Gasteiger charge is 2.09. The van der Waals surface area contributed by atoms with Crippen LogP contribution in [-0.2, 0) is 6.54 Å². The number of anilines is 2. The lowest BCUT2D eigenvalue weighted by atomic mass is 10.2. The first-order valence-corrected chi connectivity index (χ1v) is 5.44. The van der Waals surface area contributed by atoms with E-state index in [1.54, 1.807) is 12.1 Å². The Morgan fingerprint density at radius 3 is 2.83 bits per heavy atom. The zero-order valence-electron chi connectivity index (χ0n) is 10.2. The molecule has 0 fully saturated rings. The van der Waals surface area contributed by atoms with Crippen molar-refractivity contribution in [2.75, 3.05) is 11.1 Å². The van der Waals surface area contributed by atoms with E-state index in [1.807, 2.05) is 19.9 Å². The fourth-order valence-corrected chi connectivity index (χ4v) is 1.59. The van der Waals surface area contributed by atoms with Gasteiger partial charge in [-0.15, -0.1) is 0 Å². The minimum atomic E-state index is 0.221. The molecule has 2 heterocycles. The second kappa shape index (κ2) is 4.75. The molecule has 0 aliphatic rings. The number of aromatic nitrogens is 2. The monoisotopic (exact) mass is 243 g/mol. The number of nitrogen functional groups attached to an aromatic ring is 1. The van der Waals surface area contributed by atoms with Crippen LogP contribution in [0.5, 0.6) is 0 Å². The number of nitrogens with two attached hydrogens (primary N) is 1. The molecule has 0 aliphatic carbocycles. The Kier molecular flexibility index (Phi) is 3.15. The number of hydrogen-bond acceptors (Lipinski definition) is 6. The van der Waals surface area contributed by atoms with E-state index in [9.17, 15) is 0 Å². The molecule has 0 atom stereocenters. The lowest BCUT2D eigenvalue weighted by Crippen LogP contribution is -2.04. The fourth-order valence-electron chi connectivity index (χ4n) is 1.59. The van der Waals surface area contributed by atoms with Crippen LogP contribution in [0.15, 0.2) is 16.7 Å². The molecule has 0 spiro atoms. The minimum absolute atomic E-state index is 0.221. The highest BCUT2D eigenvalue weighted by atomic mass is 16.5. The quantitative estimate of drug-likeness (QED) is 0.851. The van der Waals surface area contributed by atoms with Gasteiger partial charge in [-0.1, -0.05) is 5.16 Å². The van der Waals surface area contributed by atoms with E-state index in [-0.39, 0.29) is 5.69 Å². The van der Waals surface area contributed by atoms with Crippen molar-refractivity contribution < 1.29 is 4.52 Å². The Hall–Kier alpha value is -2.55. The minimum Gasteiger partial charge on any atom is -0.396 e. The predicted molar refractivity (Wildman–Crippen MR) is 66.7 cm³/mol. The molecular formula is C12H13N5O. The maximum absolute atomic E-state index is 8.84. The fraction of sp³-hybridized carbons (Fsp3) is 0.250. The molecule has 0 unspecified atom stereocenters. The van der Waals surface area contributed by atoms with Crippen LogP contribution in [0.3, 0.4) is 0 Å². The van der Waals surface area contributed by atoms with E-state index in [0.29, 0.717) is 18.1 Å². The summed E-state index contributed by atoms with van der Waals surface area (Å²) in [7, 11) is 0. The van der Waals surface area contributed by atoms with E-state index in [0.717, 1.165) is 17.0 Å². The smallest absolute Gasteiger partial charge is 0.165 e. The predicted octanol–water partition coefficient (Wildman–Crippen LogP) is 1.75. The molecule has 18 heavy (non-hydrogen) atoms. The van der Waals surface area contributed by atoms with Gasteiger partial charge >= 0.3 is 0 Å². The van der Waals surface area contributed by atoms with Crippen LogP contribution in [0.2, 0.25) is 0 Å². The highest BCUT2D eigenvalue weighted by molar-refractivity contribution is 5.54. The van der Waals surface area contributed by atoms with Crippen molar-refractivity contribution in [2.45, 2.75) is 20.4 Å². The molecule has 92 valence electrons. The average Bonchev–Trinajstić information content (AvgIpc) is 2.68. The lowest BCUT2D eigenvalue weighted by Gasteiger charge is -2.06. The summed E-state index contributed by atoms with van der Waals surface area (Å²) >= 11 is 0. The summed E-state index contributed by atoms with van der Waals surface area (Å²) in [5, 5.41) is 15.8. The van der Waals surface area contributed by atoms with Gasteiger partial charge in [-0.2, -0.15) is 5.26 Å². The van der Waals surface area contributed by atoms with Gasteiger partial charge < -0.3 is 15.6 Å². The number of rotatable bonds is 3. The molecule has 2 rings (SSSR count). The second-order valence-electron chi connectivity index (χ2n) is 3.90. The molecule has 0 bridgehead atoms. The summed E-state index contributed by atoms with van der Waals surface area (Å²) in [5.74, 6) is 1.37. The van der Waals surface area contributed by atoms with Crippen LogP contribution >= 0.6 is 0 Å². The Morgan fingerprint density at radius 2 is 2.22 bits per heavy atom. The highest BCUT2D eigenvalue weighted by Crippen LogP contribution is 2.16. The van der Waals surface area contributed by atoms with Crippen LogP contribution in [0.4, 0.5) is 11.5 Å². The summed E-state index contributed by atoms with van der Waals surface area (Å²) in [6.45, 7) is 4.28. The summed E-state index contributed by atoms with van der Waals surface area (Å²) in [6.07, 6.45) is 0. The first kappa shape index (κ1) is 11.9. The molecule has 0 saturated heterocycles. The van der Waals surface area contributed by atoms with Crippen LogP contribution in [-0.4, -0.2) is 10.1 Å². The van der Waals surface area contributed by atoms with Gasteiger partial charge in [0.05, 0.1) is 11.4 Å². The van der Waals surface area contributed by atoms with Crippen molar-refractivity contribution in [3.05, 3.63) is 34.8 Å². The van der Waals surface area contributed by atoms with Crippen LogP contribution < -0.4 is 11.1 Å². The Morgan fingerprint density at radius 1 is 1.44 bits per heavy atom. The van der Waals surface area contributed by atoms with Gasteiger partial charge in [-0.25, -0.2) is 4.98 Å². The molecule has 2 aromatic heterocycles. The first-order valence-electron chi connectivity index (χ1n) is 5.44. The number of nitrogens with zero attached hydrogens (tertiary/aromatic N) is 3. The summed E-state index contributed by atoms with van der Waals surface area (Å²) < 4.78 is 5.06. The van der Waals surface area contributed by atoms with Crippen molar-refractivity contribution in [1.82, 2.24) is 10.1 Å². The Balaban J connectivity index is 2.14. The molecular weight excluding hydrogens is 230 g/mol. The van der Waals surface area contributed by atoms with Gasteiger partial charge in [0, 0.05) is 12.1 Å². The van der Waals surface area contributed by atoms with Gasteiger partial charge in [-0.05, 0) is 26.0 Å². The van der Waals surface area contributed by atoms with Gasteiger partial charge in [0.1, 0.15) is 17.6 Å². The molecule has 6 heteroatoms. The molecule has 0 radical (unpaired) electrons. The van der Waals surface area contributed by atoms with Gasteiger partial charge in [0.2, 0.25) is 0 Å². The second-order valence-corrected chi connectivity index (χ2v) is 3.90. The van der Waals surface area contributed by atoms with Crippen molar-refractivity contribution >= 4 is 11.5 Å².